The van der Waals surface area contributed by atoms with Gasteiger partial charge in [-0.05, 0) is 37.0 Å². The Bertz CT molecular complexity index is 1130. The lowest BCUT2D eigenvalue weighted by atomic mass is 10.0. The van der Waals surface area contributed by atoms with Gasteiger partial charge in [0.15, 0.2) is 11.6 Å². The van der Waals surface area contributed by atoms with Crippen molar-refractivity contribution in [2.75, 3.05) is 16.8 Å². The molecule has 5 rings (SSSR count). The predicted molar refractivity (Wildman–Crippen MR) is 130 cm³/mol. The predicted octanol–water partition coefficient (Wildman–Crippen LogP) is 5.23. The van der Waals surface area contributed by atoms with Crippen LogP contribution in [-0.2, 0) is 11.4 Å². The number of carbonyl (C=O) groups is 1. The first kappa shape index (κ1) is 21.4. The van der Waals surface area contributed by atoms with Crippen LogP contribution >= 0.6 is 0 Å². The van der Waals surface area contributed by atoms with Gasteiger partial charge in [0.1, 0.15) is 24.1 Å². The number of aromatic nitrogens is 2. The lowest BCUT2D eigenvalue weighted by Crippen LogP contribution is -2.55. The van der Waals surface area contributed by atoms with Gasteiger partial charge in [0, 0.05) is 18.7 Å². The lowest BCUT2D eigenvalue weighted by Gasteiger charge is -2.43. The Hall–Kier alpha value is -3.41. The molecule has 0 spiro atoms. The van der Waals surface area contributed by atoms with Crippen molar-refractivity contribution in [1.29, 1.82) is 0 Å². The Morgan fingerprint density at radius 1 is 1.06 bits per heavy atom. The highest BCUT2D eigenvalue weighted by molar-refractivity contribution is 6.04. The molecule has 1 atom stereocenters. The van der Waals surface area contributed by atoms with E-state index < -0.39 is 0 Å². The lowest BCUT2D eigenvalue weighted by molar-refractivity contribution is -0.120. The summed E-state index contributed by atoms with van der Waals surface area (Å²) >= 11 is 0. The summed E-state index contributed by atoms with van der Waals surface area (Å²) in [4.78, 5) is 26.7. The zero-order chi connectivity index (χ0) is 22.8. The summed E-state index contributed by atoms with van der Waals surface area (Å²) < 4.78 is 6.02. The molecule has 1 aliphatic carbocycles. The second-order valence-electron chi connectivity index (χ2n) is 8.87. The number of ether oxygens (including phenoxy) is 1. The van der Waals surface area contributed by atoms with Crippen LogP contribution < -0.4 is 14.5 Å². The zero-order valence-electron chi connectivity index (χ0n) is 19.3. The highest BCUT2D eigenvalue weighted by Crippen LogP contribution is 2.40. The van der Waals surface area contributed by atoms with Crippen LogP contribution in [0.2, 0.25) is 0 Å². The third-order valence-corrected chi connectivity index (χ3v) is 6.75. The smallest absolute Gasteiger partial charge is 0.249 e. The van der Waals surface area contributed by atoms with E-state index >= 15 is 0 Å². The fourth-order valence-corrected chi connectivity index (χ4v) is 4.99. The van der Waals surface area contributed by atoms with E-state index in [1.54, 1.807) is 11.1 Å². The fraction of sp³-hybridized carbons (Fsp3) is 0.370. The van der Waals surface area contributed by atoms with Gasteiger partial charge in [0.25, 0.3) is 0 Å². The Labute approximate surface area is 195 Å². The molecule has 3 aromatic rings. The Morgan fingerprint density at radius 3 is 2.61 bits per heavy atom. The summed E-state index contributed by atoms with van der Waals surface area (Å²) in [5, 5.41) is 0. The van der Waals surface area contributed by atoms with E-state index in [4.69, 9.17) is 9.72 Å². The van der Waals surface area contributed by atoms with Gasteiger partial charge in [-0.1, -0.05) is 62.2 Å². The maximum Gasteiger partial charge on any atom is 0.249 e. The van der Waals surface area contributed by atoms with Crippen LogP contribution in [0.15, 0.2) is 60.8 Å². The Kier molecular flexibility index (Phi) is 5.99. The maximum absolute atomic E-state index is 13.1. The van der Waals surface area contributed by atoms with E-state index in [-0.39, 0.29) is 11.9 Å². The average molecular weight is 443 g/mol. The average Bonchev–Trinajstić information content (AvgIpc) is 3.40. The van der Waals surface area contributed by atoms with Crippen LogP contribution in [0.3, 0.4) is 0 Å². The number of fused-ring (bicyclic) bond motifs is 1. The van der Waals surface area contributed by atoms with Crippen molar-refractivity contribution in [2.45, 2.75) is 57.7 Å². The fourth-order valence-electron chi connectivity index (χ4n) is 4.99. The van der Waals surface area contributed by atoms with E-state index in [9.17, 15) is 4.79 Å². The van der Waals surface area contributed by atoms with Crippen molar-refractivity contribution in [2.24, 2.45) is 0 Å². The molecule has 0 saturated heterocycles. The Morgan fingerprint density at radius 2 is 1.85 bits per heavy atom. The molecule has 2 heterocycles. The summed E-state index contributed by atoms with van der Waals surface area (Å²) in [7, 11) is 1.83. The van der Waals surface area contributed by atoms with Gasteiger partial charge in [-0.3, -0.25) is 4.79 Å². The first-order chi connectivity index (χ1) is 16.2. The molecule has 0 radical (unpaired) electrons. The van der Waals surface area contributed by atoms with E-state index in [2.05, 4.69) is 28.9 Å². The largest absolute Gasteiger partial charge is 0.489 e. The number of anilines is 2. The third-order valence-electron chi connectivity index (χ3n) is 6.75. The first-order valence-electron chi connectivity index (χ1n) is 11.9. The number of carbonyl (C=O) groups excluding carboxylic acids is 1. The SMILES string of the molecule is CCC1C(=O)N(C)c2cnc(-c3cccc(OCc4ccccc4)c3)nc2N1C1CCCC1. The third kappa shape index (κ3) is 4.17. The minimum Gasteiger partial charge on any atom is -0.489 e. The number of amides is 1. The van der Waals surface area contributed by atoms with Gasteiger partial charge in [-0.15, -0.1) is 0 Å². The van der Waals surface area contributed by atoms with Gasteiger partial charge in [0.2, 0.25) is 5.91 Å². The molecule has 33 heavy (non-hydrogen) atoms. The molecule has 2 aromatic carbocycles. The molecule has 1 aliphatic heterocycles. The molecular weight excluding hydrogens is 412 g/mol. The monoisotopic (exact) mass is 442 g/mol. The normalized spacial score (nSPS) is 18.5. The quantitative estimate of drug-likeness (QED) is 0.523. The van der Waals surface area contributed by atoms with Crippen LogP contribution in [0.1, 0.15) is 44.6 Å². The topological polar surface area (TPSA) is 58.6 Å². The number of benzene rings is 2. The van der Waals surface area contributed by atoms with E-state index in [0.29, 0.717) is 18.5 Å². The summed E-state index contributed by atoms with van der Waals surface area (Å²) in [5.41, 5.74) is 2.82. The van der Waals surface area contributed by atoms with Crippen molar-refractivity contribution in [1.82, 2.24) is 9.97 Å². The molecule has 1 aromatic heterocycles. The first-order valence-corrected chi connectivity index (χ1v) is 11.9. The minimum atomic E-state index is -0.172. The molecule has 0 N–H and O–H groups in total. The van der Waals surface area contributed by atoms with E-state index in [1.807, 2.05) is 49.5 Å². The van der Waals surface area contributed by atoms with Crippen LogP contribution in [-0.4, -0.2) is 35.0 Å². The summed E-state index contributed by atoms with van der Waals surface area (Å²) in [6.45, 7) is 2.59. The molecule has 0 bridgehead atoms. The minimum absolute atomic E-state index is 0.129. The number of rotatable bonds is 6. The molecular formula is C27H30N4O2. The van der Waals surface area contributed by atoms with Gasteiger partial charge in [0.05, 0.1) is 6.20 Å². The maximum atomic E-state index is 13.1. The second-order valence-corrected chi connectivity index (χ2v) is 8.87. The molecule has 6 nitrogen and oxygen atoms in total. The van der Waals surface area contributed by atoms with E-state index in [0.717, 1.165) is 47.6 Å². The molecule has 6 heteroatoms. The summed E-state index contributed by atoms with van der Waals surface area (Å²) in [6, 6.07) is 18.2. The van der Waals surface area contributed by atoms with E-state index in [1.165, 1.54) is 12.8 Å². The van der Waals surface area contributed by atoms with Crippen LogP contribution in [0.25, 0.3) is 11.4 Å². The van der Waals surface area contributed by atoms with Crippen LogP contribution in [0, 0.1) is 0 Å². The van der Waals surface area contributed by atoms with Crippen LogP contribution in [0.4, 0.5) is 11.5 Å². The zero-order valence-corrected chi connectivity index (χ0v) is 19.3. The summed E-state index contributed by atoms with van der Waals surface area (Å²) in [5.74, 6) is 2.43. The van der Waals surface area contributed by atoms with Gasteiger partial charge in [-0.25, -0.2) is 9.97 Å². The molecule has 1 unspecified atom stereocenters. The van der Waals surface area contributed by atoms with Gasteiger partial charge >= 0.3 is 0 Å². The molecule has 1 fully saturated rings. The molecule has 1 saturated carbocycles. The Balaban J connectivity index is 1.47. The van der Waals surface area contributed by atoms with Crippen molar-refractivity contribution < 1.29 is 9.53 Å². The molecule has 2 aliphatic rings. The van der Waals surface area contributed by atoms with Gasteiger partial charge < -0.3 is 14.5 Å². The van der Waals surface area contributed by atoms with Crippen molar-refractivity contribution in [3.05, 3.63) is 66.4 Å². The molecule has 1 amide bonds. The number of hydrogen-bond donors (Lipinski definition) is 0. The van der Waals surface area contributed by atoms with Crippen molar-refractivity contribution in [3.63, 3.8) is 0 Å². The second kappa shape index (κ2) is 9.22. The highest BCUT2D eigenvalue weighted by atomic mass is 16.5. The van der Waals surface area contributed by atoms with Crippen LogP contribution in [0.5, 0.6) is 5.75 Å². The van der Waals surface area contributed by atoms with Gasteiger partial charge in [-0.2, -0.15) is 0 Å². The highest BCUT2D eigenvalue weighted by Gasteiger charge is 2.41. The number of nitrogens with zero attached hydrogens (tertiary/aromatic N) is 4. The molecule has 170 valence electrons. The number of hydrogen-bond acceptors (Lipinski definition) is 5. The summed E-state index contributed by atoms with van der Waals surface area (Å²) in [6.07, 6.45) is 7.18. The number of likely N-dealkylation sites (N-methyl/N-ethyl adjacent to an activating group) is 1. The van der Waals surface area contributed by atoms with Crippen molar-refractivity contribution >= 4 is 17.4 Å². The van der Waals surface area contributed by atoms with Crippen molar-refractivity contribution in [3.8, 4) is 17.1 Å². The standard InChI is InChI=1S/C27H30N4O2/c1-3-23-27(32)30(2)24-17-28-25(29-26(24)31(23)21-13-7-8-14-21)20-12-9-15-22(16-20)33-18-19-10-5-4-6-11-19/h4-6,9-12,15-17,21,23H,3,7-8,13-14,18H2,1-2H3.